The molecule has 27 heavy (non-hydrogen) atoms. The van der Waals surface area contributed by atoms with Gasteiger partial charge in [-0.25, -0.2) is 4.39 Å². The van der Waals surface area contributed by atoms with Crippen molar-refractivity contribution >= 4 is 11.6 Å². The molecule has 3 heterocycles. The predicted molar refractivity (Wildman–Crippen MR) is 96.1 cm³/mol. The molecule has 2 unspecified atom stereocenters. The molecule has 2 atom stereocenters. The third kappa shape index (κ3) is 2.24. The van der Waals surface area contributed by atoms with Crippen LogP contribution in [0.3, 0.4) is 0 Å². The normalized spacial score (nSPS) is 25.4. The number of methoxy groups -OCH3 is 1. The number of benzene rings is 2. The first-order valence-electron chi connectivity index (χ1n) is 8.96. The summed E-state index contributed by atoms with van der Waals surface area (Å²) in [6.07, 6.45) is 0.580. The number of anilines is 1. The van der Waals surface area contributed by atoms with Crippen LogP contribution >= 0.6 is 0 Å². The lowest BCUT2D eigenvalue weighted by atomic mass is 9.72. The molecule has 5 rings (SSSR count). The summed E-state index contributed by atoms with van der Waals surface area (Å²) in [5, 5.41) is 6.33. The van der Waals surface area contributed by atoms with E-state index >= 15 is 0 Å². The molecule has 140 valence electrons. The average Bonchev–Trinajstić information content (AvgIpc) is 3.24. The first-order valence-corrected chi connectivity index (χ1v) is 8.96. The Hall–Kier alpha value is -2.80. The lowest BCUT2D eigenvalue weighted by molar-refractivity contribution is -0.121. The fourth-order valence-corrected chi connectivity index (χ4v) is 4.48. The highest BCUT2D eigenvalue weighted by atomic mass is 19.1. The van der Waals surface area contributed by atoms with Crippen LogP contribution in [0.2, 0.25) is 0 Å². The Morgan fingerprint density at radius 1 is 1.22 bits per heavy atom. The molecule has 0 bridgehead atoms. The van der Waals surface area contributed by atoms with Crippen molar-refractivity contribution in [2.75, 3.05) is 32.2 Å². The van der Waals surface area contributed by atoms with E-state index in [9.17, 15) is 9.18 Å². The van der Waals surface area contributed by atoms with Gasteiger partial charge in [-0.1, -0.05) is 0 Å². The monoisotopic (exact) mass is 370 g/mol. The third-order valence-electron chi connectivity index (χ3n) is 5.66. The SMILES string of the molecule is COc1cc(C2NCCC23C(=O)Nc2ccc(F)cc23)cc2c1OCCO2. The maximum atomic E-state index is 14.0. The van der Waals surface area contributed by atoms with Gasteiger partial charge in [0.25, 0.3) is 0 Å². The lowest BCUT2D eigenvalue weighted by Gasteiger charge is -2.31. The number of rotatable bonds is 2. The Balaban J connectivity index is 1.66. The van der Waals surface area contributed by atoms with E-state index in [0.717, 1.165) is 5.56 Å². The van der Waals surface area contributed by atoms with Crippen molar-refractivity contribution in [2.24, 2.45) is 0 Å². The number of fused-ring (bicyclic) bond motifs is 3. The molecular formula is C20H19FN2O4. The van der Waals surface area contributed by atoms with Crippen molar-refractivity contribution in [3.8, 4) is 17.2 Å². The van der Waals surface area contributed by atoms with E-state index in [1.807, 2.05) is 12.1 Å². The standard InChI is InChI=1S/C20H19FN2O4/c1-25-15-8-11(9-16-17(15)27-7-6-26-16)18-20(4-5-22-18)13-10-12(21)2-3-14(13)23-19(20)24/h2-3,8-10,18,22H,4-7H2,1H3,(H,23,24). The minimum Gasteiger partial charge on any atom is -0.493 e. The highest BCUT2D eigenvalue weighted by molar-refractivity contribution is 6.07. The Bertz CT molecular complexity index is 931. The van der Waals surface area contributed by atoms with Crippen molar-refractivity contribution in [1.29, 1.82) is 0 Å². The topological polar surface area (TPSA) is 68.8 Å². The zero-order valence-corrected chi connectivity index (χ0v) is 14.8. The van der Waals surface area contributed by atoms with Crippen LogP contribution in [0, 0.1) is 5.82 Å². The second kappa shape index (κ2) is 5.85. The number of amides is 1. The van der Waals surface area contributed by atoms with Crippen molar-refractivity contribution in [2.45, 2.75) is 17.9 Å². The molecule has 0 radical (unpaired) electrons. The molecule has 1 fully saturated rings. The summed E-state index contributed by atoms with van der Waals surface area (Å²) in [4.78, 5) is 13.0. The molecule has 1 amide bonds. The average molecular weight is 370 g/mol. The summed E-state index contributed by atoms with van der Waals surface area (Å²) >= 11 is 0. The van der Waals surface area contributed by atoms with Crippen molar-refractivity contribution in [3.63, 3.8) is 0 Å². The zero-order chi connectivity index (χ0) is 18.6. The number of nitrogens with one attached hydrogen (secondary N) is 2. The van der Waals surface area contributed by atoms with Crippen LogP contribution in [-0.2, 0) is 10.2 Å². The predicted octanol–water partition coefficient (Wildman–Crippen LogP) is 2.53. The molecule has 0 aliphatic carbocycles. The first-order chi connectivity index (χ1) is 13.1. The van der Waals surface area contributed by atoms with Crippen LogP contribution in [0.4, 0.5) is 10.1 Å². The maximum Gasteiger partial charge on any atom is 0.237 e. The summed E-state index contributed by atoms with van der Waals surface area (Å²) < 4.78 is 30.9. The number of hydrogen-bond donors (Lipinski definition) is 2. The Morgan fingerprint density at radius 2 is 2.07 bits per heavy atom. The van der Waals surface area contributed by atoms with Crippen molar-refractivity contribution in [1.82, 2.24) is 5.32 Å². The highest BCUT2D eigenvalue weighted by Crippen LogP contribution is 2.53. The van der Waals surface area contributed by atoms with Crippen LogP contribution in [0.25, 0.3) is 0 Å². The fraction of sp³-hybridized carbons (Fsp3) is 0.350. The smallest absolute Gasteiger partial charge is 0.237 e. The molecule has 1 saturated heterocycles. The molecule has 6 nitrogen and oxygen atoms in total. The van der Waals surface area contributed by atoms with E-state index in [1.165, 1.54) is 12.1 Å². The van der Waals surface area contributed by atoms with Gasteiger partial charge in [-0.2, -0.15) is 0 Å². The molecule has 0 saturated carbocycles. The maximum absolute atomic E-state index is 14.0. The van der Waals surface area contributed by atoms with E-state index in [0.29, 0.717) is 54.7 Å². The number of ether oxygens (including phenoxy) is 3. The Kier molecular flexibility index (Phi) is 3.55. The Morgan fingerprint density at radius 3 is 2.93 bits per heavy atom. The molecule has 1 spiro atoms. The molecule has 2 aromatic carbocycles. The summed E-state index contributed by atoms with van der Waals surface area (Å²) in [5.74, 6) is 1.25. The van der Waals surface area contributed by atoms with Gasteiger partial charge in [0.05, 0.1) is 18.6 Å². The second-order valence-electron chi connectivity index (χ2n) is 7.00. The van der Waals surface area contributed by atoms with Gasteiger partial charge in [-0.05, 0) is 54.4 Å². The quantitative estimate of drug-likeness (QED) is 0.850. The molecule has 2 aromatic rings. The number of carbonyl (C=O) groups is 1. The van der Waals surface area contributed by atoms with E-state index in [4.69, 9.17) is 14.2 Å². The van der Waals surface area contributed by atoms with Gasteiger partial charge in [0, 0.05) is 5.69 Å². The van der Waals surface area contributed by atoms with Crippen LogP contribution < -0.4 is 24.8 Å². The summed E-state index contributed by atoms with van der Waals surface area (Å²) in [6.45, 7) is 1.56. The zero-order valence-electron chi connectivity index (χ0n) is 14.8. The van der Waals surface area contributed by atoms with Crippen molar-refractivity contribution < 1.29 is 23.4 Å². The third-order valence-corrected chi connectivity index (χ3v) is 5.66. The van der Waals surface area contributed by atoms with Gasteiger partial charge in [0.2, 0.25) is 11.7 Å². The minimum absolute atomic E-state index is 0.119. The van der Waals surface area contributed by atoms with Gasteiger partial charge < -0.3 is 24.8 Å². The van der Waals surface area contributed by atoms with Crippen LogP contribution in [-0.4, -0.2) is 32.8 Å². The first kappa shape index (κ1) is 16.4. The fourth-order valence-electron chi connectivity index (χ4n) is 4.48. The number of carbonyl (C=O) groups excluding carboxylic acids is 1. The van der Waals surface area contributed by atoms with Crippen LogP contribution in [0.1, 0.15) is 23.6 Å². The Labute approximate surface area is 155 Å². The second-order valence-corrected chi connectivity index (χ2v) is 7.00. The molecule has 2 N–H and O–H groups in total. The molecule has 3 aliphatic heterocycles. The van der Waals surface area contributed by atoms with Crippen molar-refractivity contribution in [3.05, 3.63) is 47.3 Å². The van der Waals surface area contributed by atoms with Crippen LogP contribution in [0.15, 0.2) is 30.3 Å². The van der Waals surface area contributed by atoms with Gasteiger partial charge in [0.1, 0.15) is 19.0 Å². The van der Waals surface area contributed by atoms with Gasteiger partial charge in [0.15, 0.2) is 11.5 Å². The van der Waals surface area contributed by atoms with Crippen LogP contribution in [0.5, 0.6) is 17.2 Å². The summed E-state index contributed by atoms with van der Waals surface area (Å²) in [5.41, 5.74) is 1.34. The molecule has 0 aromatic heterocycles. The summed E-state index contributed by atoms with van der Waals surface area (Å²) in [6, 6.07) is 7.86. The van der Waals surface area contributed by atoms with Gasteiger partial charge in [-0.15, -0.1) is 0 Å². The van der Waals surface area contributed by atoms with E-state index in [-0.39, 0.29) is 17.8 Å². The highest BCUT2D eigenvalue weighted by Gasteiger charge is 2.55. The lowest BCUT2D eigenvalue weighted by Crippen LogP contribution is -2.39. The minimum atomic E-state index is -0.869. The molecule has 7 heteroatoms. The van der Waals surface area contributed by atoms with Gasteiger partial charge >= 0.3 is 0 Å². The van der Waals surface area contributed by atoms with E-state index < -0.39 is 5.41 Å². The largest absolute Gasteiger partial charge is 0.493 e. The van der Waals surface area contributed by atoms with E-state index in [1.54, 1.807) is 13.2 Å². The number of hydrogen-bond acceptors (Lipinski definition) is 5. The number of halogens is 1. The van der Waals surface area contributed by atoms with E-state index in [2.05, 4.69) is 10.6 Å². The summed E-state index contributed by atoms with van der Waals surface area (Å²) in [7, 11) is 1.57. The molecule has 3 aliphatic rings. The van der Waals surface area contributed by atoms with Gasteiger partial charge in [-0.3, -0.25) is 4.79 Å². The molecular weight excluding hydrogens is 351 g/mol.